The number of aromatic nitrogens is 4. The monoisotopic (exact) mass is 375 g/mol. The molecule has 9 heteroatoms. The van der Waals surface area contributed by atoms with E-state index >= 15 is 0 Å². The molecular formula is C17H15ClFN5O2. The summed E-state index contributed by atoms with van der Waals surface area (Å²) in [7, 11) is 1.74. The second-order valence-corrected chi connectivity index (χ2v) is 5.89. The van der Waals surface area contributed by atoms with Gasteiger partial charge in [-0.1, -0.05) is 17.7 Å². The molecule has 2 heterocycles. The molecule has 3 rings (SSSR count). The van der Waals surface area contributed by atoms with E-state index in [1.165, 1.54) is 24.7 Å². The highest BCUT2D eigenvalue weighted by atomic mass is 35.5. The SMILES string of the molecule is CCN(C(=O)O)c1cnc(Cl)cc1-c1ccc(F)cc1-c1nncn1C. The molecule has 0 radical (unpaired) electrons. The average Bonchev–Trinajstić information content (AvgIpc) is 3.02. The van der Waals surface area contributed by atoms with Crippen LogP contribution in [0.2, 0.25) is 5.15 Å². The summed E-state index contributed by atoms with van der Waals surface area (Å²) in [5, 5.41) is 17.5. The van der Waals surface area contributed by atoms with Crippen LogP contribution in [0.1, 0.15) is 6.92 Å². The Kier molecular flexibility index (Phi) is 4.85. The van der Waals surface area contributed by atoms with Gasteiger partial charge in [-0.15, -0.1) is 10.2 Å². The number of anilines is 1. The predicted octanol–water partition coefficient (Wildman–Crippen LogP) is 3.84. The zero-order valence-corrected chi connectivity index (χ0v) is 14.8. The number of nitrogens with zero attached hydrogens (tertiary/aromatic N) is 5. The topological polar surface area (TPSA) is 84.1 Å². The van der Waals surface area contributed by atoms with Crippen molar-refractivity contribution in [2.45, 2.75) is 6.92 Å². The van der Waals surface area contributed by atoms with Crippen LogP contribution >= 0.6 is 11.6 Å². The van der Waals surface area contributed by atoms with Gasteiger partial charge in [-0.05, 0) is 30.7 Å². The van der Waals surface area contributed by atoms with Crippen molar-refractivity contribution in [3.63, 3.8) is 0 Å². The van der Waals surface area contributed by atoms with Gasteiger partial charge in [-0.25, -0.2) is 14.2 Å². The van der Waals surface area contributed by atoms with Crippen LogP contribution < -0.4 is 4.90 Å². The van der Waals surface area contributed by atoms with Crippen LogP contribution in [-0.2, 0) is 7.05 Å². The maximum atomic E-state index is 13.9. The summed E-state index contributed by atoms with van der Waals surface area (Å²) in [6.07, 6.45) is 1.76. The van der Waals surface area contributed by atoms with E-state index in [0.29, 0.717) is 28.2 Å². The lowest BCUT2D eigenvalue weighted by molar-refractivity contribution is 0.202. The van der Waals surface area contributed by atoms with E-state index < -0.39 is 11.9 Å². The van der Waals surface area contributed by atoms with Crippen molar-refractivity contribution in [3.8, 4) is 22.5 Å². The molecule has 0 aliphatic heterocycles. The molecule has 0 saturated heterocycles. The molecule has 7 nitrogen and oxygen atoms in total. The molecule has 1 aromatic carbocycles. The minimum absolute atomic E-state index is 0.193. The summed E-state index contributed by atoms with van der Waals surface area (Å²) in [6, 6.07) is 5.73. The number of pyridine rings is 1. The Morgan fingerprint density at radius 3 is 2.69 bits per heavy atom. The lowest BCUT2D eigenvalue weighted by atomic mass is 9.98. The molecule has 0 atom stereocenters. The Hall–Kier alpha value is -3.00. The third-order valence-corrected chi connectivity index (χ3v) is 4.12. The number of carboxylic acid groups (broad SMARTS) is 1. The fourth-order valence-electron chi connectivity index (χ4n) is 2.73. The Labute approximate surface area is 153 Å². The van der Waals surface area contributed by atoms with E-state index in [1.54, 1.807) is 30.7 Å². The first-order chi connectivity index (χ1) is 12.4. The molecule has 0 bridgehead atoms. The van der Waals surface area contributed by atoms with Gasteiger partial charge < -0.3 is 9.67 Å². The minimum atomic E-state index is -1.12. The first-order valence-electron chi connectivity index (χ1n) is 7.72. The number of halogens is 2. The van der Waals surface area contributed by atoms with Crippen molar-refractivity contribution in [1.82, 2.24) is 19.7 Å². The molecule has 1 N–H and O–H groups in total. The van der Waals surface area contributed by atoms with E-state index in [-0.39, 0.29) is 11.7 Å². The summed E-state index contributed by atoms with van der Waals surface area (Å²) in [6.45, 7) is 1.92. The number of aryl methyl sites for hydroxylation is 1. The summed E-state index contributed by atoms with van der Waals surface area (Å²) in [5.41, 5.74) is 1.89. The largest absolute Gasteiger partial charge is 0.465 e. The highest BCUT2D eigenvalue weighted by Crippen LogP contribution is 2.38. The Morgan fingerprint density at radius 2 is 2.08 bits per heavy atom. The maximum absolute atomic E-state index is 13.9. The standard InChI is InChI=1S/C17H15ClFN5O2/c1-3-24(17(25)26)14-8-20-15(18)7-12(14)11-5-4-10(19)6-13(11)16-22-21-9-23(16)2/h4-9H,3H2,1-2H3,(H,25,26). The van der Waals surface area contributed by atoms with E-state index in [4.69, 9.17) is 11.6 Å². The number of amides is 1. The third kappa shape index (κ3) is 3.23. The summed E-state index contributed by atoms with van der Waals surface area (Å²) in [4.78, 5) is 16.7. The average molecular weight is 376 g/mol. The summed E-state index contributed by atoms with van der Waals surface area (Å²) in [5.74, 6) is -0.00389. The van der Waals surface area contributed by atoms with E-state index in [2.05, 4.69) is 15.2 Å². The highest BCUT2D eigenvalue weighted by Gasteiger charge is 2.21. The summed E-state index contributed by atoms with van der Waals surface area (Å²) < 4.78 is 15.6. The second-order valence-electron chi connectivity index (χ2n) is 5.51. The van der Waals surface area contributed by atoms with E-state index in [0.717, 1.165) is 4.90 Å². The van der Waals surface area contributed by atoms with Gasteiger partial charge in [0.15, 0.2) is 5.82 Å². The predicted molar refractivity (Wildman–Crippen MR) is 95.7 cm³/mol. The quantitative estimate of drug-likeness (QED) is 0.700. The van der Waals surface area contributed by atoms with Crippen molar-refractivity contribution in [1.29, 1.82) is 0 Å². The Bertz CT molecular complexity index is 976. The molecule has 0 fully saturated rings. The molecule has 1 amide bonds. The van der Waals surface area contributed by atoms with E-state index in [9.17, 15) is 14.3 Å². The van der Waals surface area contributed by atoms with Gasteiger partial charge >= 0.3 is 6.09 Å². The number of benzene rings is 1. The minimum Gasteiger partial charge on any atom is -0.465 e. The van der Waals surface area contributed by atoms with Crippen LogP contribution in [0.15, 0.2) is 36.8 Å². The van der Waals surface area contributed by atoms with Crippen molar-refractivity contribution < 1.29 is 14.3 Å². The molecule has 2 aromatic heterocycles. The van der Waals surface area contributed by atoms with Gasteiger partial charge in [-0.3, -0.25) is 4.90 Å². The molecule has 0 aliphatic rings. The third-order valence-electron chi connectivity index (χ3n) is 3.91. The number of rotatable bonds is 4. The highest BCUT2D eigenvalue weighted by molar-refractivity contribution is 6.29. The number of carbonyl (C=O) groups is 1. The molecule has 0 saturated carbocycles. The van der Waals surface area contributed by atoms with Gasteiger partial charge in [0.2, 0.25) is 0 Å². The van der Waals surface area contributed by atoms with Gasteiger partial charge in [0.25, 0.3) is 0 Å². The van der Waals surface area contributed by atoms with Crippen LogP contribution in [-0.4, -0.2) is 37.5 Å². The molecule has 0 spiro atoms. The van der Waals surface area contributed by atoms with Crippen LogP contribution in [0.3, 0.4) is 0 Å². The van der Waals surface area contributed by atoms with Gasteiger partial charge in [0.1, 0.15) is 17.3 Å². The van der Waals surface area contributed by atoms with Crippen LogP contribution in [0, 0.1) is 5.82 Å². The fourth-order valence-corrected chi connectivity index (χ4v) is 2.88. The Morgan fingerprint density at radius 1 is 1.31 bits per heavy atom. The molecular weight excluding hydrogens is 361 g/mol. The molecule has 0 unspecified atom stereocenters. The van der Waals surface area contributed by atoms with Gasteiger partial charge in [-0.2, -0.15) is 0 Å². The van der Waals surface area contributed by atoms with Crippen molar-refractivity contribution in [2.24, 2.45) is 7.05 Å². The van der Waals surface area contributed by atoms with Crippen molar-refractivity contribution >= 4 is 23.4 Å². The van der Waals surface area contributed by atoms with Crippen LogP contribution in [0.25, 0.3) is 22.5 Å². The van der Waals surface area contributed by atoms with Gasteiger partial charge in [0.05, 0.1) is 11.9 Å². The lowest BCUT2D eigenvalue weighted by Crippen LogP contribution is -2.29. The Balaban J connectivity index is 2.30. The lowest BCUT2D eigenvalue weighted by Gasteiger charge is -2.21. The second kappa shape index (κ2) is 7.09. The zero-order valence-electron chi connectivity index (χ0n) is 14.0. The normalized spacial score (nSPS) is 10.8. The smallest absolute Gasteiger partial charge is 0.411 e. The molecule has 26 heavy (non-hydrogen) atoms. The number of hydrogen-bond acceptors (Lipinski definition) is 4. The molecule has 134 valence electrons. The van der Waals surface area contributed by atoms with Gasteiger partial charge in [0, 0.05) is 24.7 Å². The summed E-state index contributed by atoms with van der Waals surface area (Å²) >= 11 is 6.05. The van der Waals surface area contributed by atoms with Crippen molar-refractivity contribution in [3.05, 3.63) is 47.8 Å². The van der Waals surface area contributed by atoms with Crippen LogP contribution in [0.4, 0.5) is 14.9 Å². The van der Waals surface area contributed by atoms with Crippen molar-refractivity contribution in [2.75, 3.05) is 11.4 Å². The first kappa shape index (κ1) is 17.8. The number of hydrogen-bond donors (Lipinski definition) is 1. The molecule has 0 aliphatic carbocycles. The molecule has 3 aromatic rings. The first-order valence-corrected chi connectivity index (χ1v) is 8.10. The maximum Gasteiger partial charge on any atom is 0.411 e. The fraction of sp³-hybridized carbons (Fsp3) is 0.176. The van der Waals surface area contributed by atoms with E-state index in [1.807, 2.05) is 0 Å². The van der Waals surface area contributed by atoms with Crippen LogP contribution in [0.5, 0.6) is 0 Å². The zero-order chi connectivity index (χ0) is 18.8.